The largest absolute Gasteiger partial charge is 0.460 e. The van der Waals surface area contributed by atoms with Crippen molar-refractivity contribution in [1.29, 1.82) is 0 Å². The topological polar surface area (TPSA) is 372 Å². The third-order valence-electron chi connectivity index (χ3n) is 14.5. The minimum atomic E-state index is -1.38. The molecule has 2 aliphatic rings. The first-order valence-corrected chi connectivity index (χ1v) is 31.8. The monoisotopic (exact) mass is 1340 g/mol. The summed E-state index contributed by atoms with van der Waals surface area (Å²) < 4.78 is 78.3. The van der Waals surface area contributed by atoms with E-state index < -0.39 is 83.2 Å². The number of carbonyl (C=O) groups excluding carboxylic acids is 8. The van der Waals surface area contributed by atoms with Gasteiger partial charge in [-0.2, -0.15) is 9.59 Å². The number of aliphatic hydroxyl groups is 3. The third-order valence-corrected chi connectivity index (χ3v) is 14.5. The highest BCUT2D eigenvalue weighted by Crippen LogP contribution is 2.26. The van der Waals surface area contributed by atoms with Gasteiger partial charge in [0.15, 0.2) is 11.6 Å². The first-order valence-electron chi connectivity index (χ1n) is 31.8. The van der Waals surface area contributed by atoms with Gasteiger partial charge < -0.3 is 87.0 Å². The molecule has 532 valence electrons. The molecule has 3 heterocycles. The first-order chi connectivity index (χ1) is 45.2. The van der Waals surface area contributed by atoms with E-state index in [1.807, 2.05) is 0 Å². The number of amides is 3. The highest BCUT2D eigenvalue weighted by molar-refractivity contribution is 6.15. The maximum absolute atomic E-state index is 14.2. The molecule has 0 radical (unpaired) electrons. The number of esters is 1. The average Bonchev–Trinajstić information content (AvgIpc) is 1.66. The molecule has 30 nitrogen and oxygen atoms in total. The number of methoxy groups -OCH3 is 1. The summed E-state index contributed by atoms with van der Waals surface area (Å²) in [5.74, 6) is -4.58. The molecule has 2 aromatic rings. The number of rotatable bonds is 53. The Kier molecular flexibility index (Phi) is 42.9. The van der Waals surface area contributed by atoms with Gasteiger partial charge in [-0.25, -0.2) is 4.68 Å². The van der Waals surface area contributed by atoms with Gasteiger partial charge in [-0.3, -0.25) is 33.7 Å². The van der Waals surface area contributed by atoms with Crippen LogP contribution in [-0.4, -0.2) is 279 Å². The molecule has 0 unspecified atom stereocenters. The van der Waals surface area contributed by atoms with E-state index in [0.717, 1.165) is 17.1 Å². The zero-order valence-corrected chi connectivity index (χ0v) is 55.6. The van der Waals surface area contributed by atoms with Gasteiger partial charge in [0.05, 0.1) is 188 Å². The fourth-order valence-corrected chi connectivity index (χ4v) is 9.09. The van der Waals surface area contributed by atoms with E-state index in [1.165, 1.54) is 4.68 Å². The van der Waals surface area contributed by atoms with Crippen molar-refractivity contribution in [3.63, 3.8) is 0 Å². The molecule has 94 heavy (non-hydrogen) atoms. The molecule has 0 spiro atoms. The molecule has 1 fully saturated rings. The van der Waals surface area contributed by atoms with Crippen molar-refractivity contribution in [3.8, 4) is 0 Å². The number of hydrogen-bond donors (Lipinski definition) is 4. The molecular weight excluding hydrogens is 1240 g/mol. The summed E-state index contributed by atoms with van der Waals surface area (Å²) in [4.78, 5) is 97.7. The van der Waals surface area contributed by atoms with Gasteiger partial charge in [0.1, 0.15) is 31.0 Å². The second kappa shape index (κ2) is 48.9. The Morgan fingerprint density at radius 2 is 1.12 bits per heavy atom. The van der Waals surface area contributed by atoms with E-state index in [4.69, 9.17) is 75.9 Å². The number of imide groups is 1. The predicted octanol–water partition coefficient (Wildman–Crippen LogP) is 0.411. The molecule has 3 amide bonds. The highest BCUT2D eigenvalue weighted by Gasteiger charge is 2.40. The predicted molar refractivity (Wildman–Crippen MR) is 330 cm³/mol. The zero-order chi connectivity index (χ0) is 68.9. The number of ketones is 2. The summed E-state index contributed by atoms with van der Waals surface area (Å²) in [5, 5.41) is 41.9. The SMILES string of the molecule is COCCOCCOCCOCCOCCOCCOCCOCCOCCOCCOCCOCCn1cc(C[C@@H](C(=O)C[C@H](C(=O)N[C@@H](C)C(=O)Cc2ccc(COC(=O)C(C)(C)C)c(CC[C@@H]3OC[C@@H](O)[C@H](O)[C@H]3O)c2)C(C)C)N2C(=O)C=CC2=O)nn1.O=C=O. The minimum Gasteiger partial charge on any atom is -0.460 e. The molecule has 30 heteroatoms. The zero-order valence-electron chi connectivity index (χ0n) is 55.6. The molecule has 1 aromatic carbocycles. The number of aryl methyl sites for hydroxylation is 1. The minimum absolute atomic E-state index is 0.0556. The summed E-state index contributed by atoms with van der Waals surface area (Å²) in [7, 11) is 1.63. The fourth-order valence-electron chi connectivity index (χ4n) is 9.09. The van der Waals surface area contributed by atoms with Crippen molar-refractivity contribution in [2.75, 3.05) is 166 Å². The fraction of sp³-hybridized carbons (Fsp3) is 0.734. The van der Waals surface area contributed by atoms with E-state index in [0.29, 0.717) is 181 Å². The molecule has 0 aliphatic carbocycles. The lowest BCUT2D eigenvalue weighted by molar-refractivity contribution is -0.192. The van der Waals surface area contributed by atoms with Gasteiger partial charge in [0.2, 0.25) is 5.91 Å². The Morgan fingerprint density at radius 3 is 1.56 bits per heavy atom. The maximum atomic E-state index is 14.2. The molecular formula is C64H101N5O25. The van der Waals surface area contributed by atoms with Crippen LogP contribution in [0.1, 0.15) is 76.8 Å². The lowest BCUT2D eigenvalue weighted by Crippen LogP contribution is -2.52. The van der Waals surface area contributed by atoms with E-state index in [-0.39, 0.29) is 57.4 Å². The van der Waals surface area contributed by atoms with Crippen LogP contribution >= 0.6 is 0 Å². The quantitative estimate of drug-likeness (QED) is 0.0396. The first kappa shape index (κ1) is 82.5. The van der Waals surface area contributed by atoms with E-state index >= 15 is 0 Å². The Bertz CT molecular complexity index is 2520. The number of Topliss-reactive ketones (excluding diaryl/α,β-unsaturated/α-hetero) is 2. The normalized spacial score (nSPS) is 17.4. The van der Waals surface area contributed by atoms with Crippen LogP contribution in [0.4, 0.5) is 0 Å². The van der Waals surface area contributed by atoms with Crippen molar-refractivity contribution in [1.82, 2.24) is 25.2 Å². The Labute approximate surface area is 550 Å². The summed E-state index contributed by atoms with van der Waals surface area (Å²) in [5.41, 5.74) is 1.53. The molecule has 1 saturated heterocycles. The third kappa shape index (κ3) is 34.3. The molecule has 4 N–H and O–H groups in total. The van der Waals surface area contributed by atoms with Crippen molar-refractivity contribution < 1.29 is 120 Å². The molecule has 0 bridgehead atoms. The summed E-state index contributed by atoms with van der Waals surface area (Å²) >= 11 is 0. The van der Waals surface area contributed by atoms with Crippen molar-refractivity contribution in [2.45, 2.75) is 123 Å². The van der Waals surface area contributed by atoms with Crippen LogP contribution in [0.25, 0.3) is 0 Å². The van der Waals surface area contributed by atoms with Crippen LogP contribution in [0.2, 0.25) is 0 Å². The van der Waals surface area contributed by atoms with Gasteiger partial charge in [0, 0.05) is 50.6 Å². The molecule has 2 aliphatic heterocycles. The Balaban J connectivity index is 0.00000753. The molecule has 4 rings (SSSR count). The number of ether oxygens (including phenoxy) is 14. The molecule has 0 saturated carbocycles. The van der Waals surface area contributed by atoms with Crippen LogP contribution in [-0.2, 0) is 137 Å². The van der Waals surface area contributed by atoms with Gasteiger partial charge in [-0.15, -0.1) is 5.10 Å². The summed E-state index contributed by atoms with van der Waals surface area (Å²) in [6.07, 6.45) is -0.789. The van der Waals surface area contributed by atoms with Crippen molar-refractivity contribution in [3.05, 3.63) is 58.9 Å². The number of aromatic nitrogens is 3. The second-order valence-corrected chi connectivity index (χ2v) is 23.2. The number of aliphatic hydroxyl groups excluding tert-OH is 3. The molecule has 7 atom stereocenters. The van der Waals surface area contributed by atoms with Crippen molar-refractivity contribution >= 4 is 41.4 Å². The second-order valence-electron chi connectivity index (χ2n) is 23.2. The lowest BCUT2D eigenvalue weighted by Gasteiger charge is -2.35. The lowest BCUT2D eigenvalue weighted by atomic mass is 9.86. The Morgan fingerprint density at radius 1 is 0.660 bits per heavy atom. The maximum Gasteiger partial charge on any atom is 0.373 e. The van der Waals surface area contributed by atoms with Crippen LogP contribution in [0.15, 0.2) is 36.5 Å². The average molecular weight is 1340 g/mol. The summed E-state index contributed by atoms with van der Waals surface area (Å²) in [6, 6.07) is 2.95. The smallest absolute Gasteiger partial charge is 0.373 e. The van der Waals surface area contributed by atoms with Crippen molar-refractivity contribution in [2.24, 2.45) is 17.3 Å². The number of nitrogens with zero attached hydrogens (tertiary/aromatic N) is 4. The standard InChI is InChI=1S/C63H101N5O23.CO2/c1-45(2)51(61(76)64-46(3)53(69)39-47-8-9-49(43-91-62(77)63(4,5)6)48(38-47)10-11-56-60(75)59(74)55(71)44-90-56)41-54(70)52(68-57(72)12-13-58(68)73)40-50-42-67(66-65-50)14-15-79-18-19-81-22-23-83-26-27-85-30-31-87-34-35-89-37-36-88-33-32-86-29-28-84-25-24-82-21-20-80-17-16-78-7;2-1-3/h8-9,12-13,38,42,45-46,51-52,55-56,59-60,71,74-75H,10-11,14-37,39-41,43-44H2,1-7H3,(H,64,76);/t46-,51-,52-,55+,56-,59-,60-;/m0./s1. The van der Waals surface area contributed by atoms with Crippen LogP contribution < -0.4 is 5.32 Å². The van der Waals surface area contributed by atoms with Gasteiger partial charge >= 0.3 is 12.1 Å². The van der Waals surface area contributed by atoms with Crippen LogP contribution in [0.5, 0.6) is 0 Å². The van der Waals surface area contributed by atoms with E-state index in [9.17, 15) is 44.1 Å². The Hall–Kier alpha value is -5.74. The van der Waals surface area contributed by atoms with Crippen LogP contribution in [0.3, 0.4) is 0 Å². The van der Waals surface area contributed by atoms with Gasteiger partial charge in [0.25, 0.3) is 11.8 Å². The van der Waals surface area contributed by atoms with Gasteiger partial charge in [-0.05, 0) is 63.1 Å². The van der Waals surface area contributed by atoms with E-state index in [1.54, 1.807) is 73.0 Å². The van der Waals surface area contributed by atoms with E-state index in [2.05, 4.69) is 15.6 Å². The number of benzene rings is 1. The summed E-state index contributed by atoms with van der Waals surface area (Å²) in [6.45, 7) is 20.6. The number of hydrogen-bond acceptors (Lipinski definition) is 27. The number of nitrogens with one attached hydrogen (secondary N) is 1. The van der Waals surface area contributed by atoms with Gasteiger partial charge in [-0.1, -0.05) is 37.3 Å². The number of carbonyl (C=O) groups is 6. The van der Waals surface area contributed by atoms with Crippen LogP contribution in [0, 0.1) is 17.3 Å². The molecule has 1 aromatic heterocycles. The highest BCUT2D eigenvalue weighted by atomic mass is 16.6.